The third-order valence-electron chi connectivity index (χ3n) is 3.35. The number of hydrogen-bond acceptors (Lipinski definition) is 4. The average Bonchev–Trinajstić information content (AvgIpc) is 2.82. The van der Waals surface area contributed by atoms with Crippen LogP contribution in [0.2, 0.25) is 0 Å². The van der Waals surface area contributed by atoms with Gasteiger partial charge in [0.1, 0.15) is 5.76 Å². The van der Waals surface area contributed by atoms with Crippen molar-refractivity contribution in [1.82, 2.24) is 10.8 Å². The predicted octanol–water partition coefficient (Wildman–Crippen LogP) is 1.62. The highest BCUT2D eigenvalue weighted by molar-refractivity contribution is 5.22. The van der Waals surface area contributed by atoms with Gasteiger partial charge in [0.25, 0.3) is 0 Å². The standard InChI is InChI=1S/C14H18N2O2/c1-10-2-4-11(5-3-10)9-17-14-12-8-15-7-6-13(12)18-16-14/h2-5,14-16H,6-9H2,1H3. The zero-order valence-electron chi connectivity index (χ0n) is 10.5. The van der Waals surface area contributed by atoms with E-state index in [1.807, 2.05) is 0 Å². The molecule has 0 radical (unpaired) electrons. The minimum absolute atomic E-state index is 0.117. The zero-order chi connectivity index (χ0) is 12.4. The molecule has 4 heteroatoms. The van der Waals surface area contributed by atoms with Gasteiger partial charge in [-0.3, -0.25) is 0 Å². The van der Waals surface area contributed by atoms with Crippen LogP contribution in [-0.4, -0.2) is 19.3 Å². The predicted molar refractivity (Wildman–Crippen MR) is 68.5 cm³/mol. The molecule has 1 unspecified atom stereocenters. The summed E-state index contributed by atoms with van der Waals surface area (Å²) in [7, 11) is 0. The minimum Gasteiger partial charge on any atom is -0.410 e. The third-order valence-corrected chi connectivity index (χ3v) is 3.35. The van der Waals surface area contributed by atoms with Gasteiger partial charge in [0, 0.05) is 25.1 Å². The van der Waals surface area contributed by atoms with E-state index in [1.165, 1.54) is 16.7 Å². The molecule has 0 aliphatic carbocycles. The van der Waals surface area contributed by atoms with Crippen LogP contribution in [0.5, 0.6) is 0 Å². The number of aryl methyl sites for hydroxylation is 1. The molecule has 0 aromatic heterocycles. The molecule has 1 aromatic carbocycles. The van der Waals surface area contributed by atoms with Crippen molar-refractivity contribution < 1.29 is 9.57 Å². The minimum atomic E-state index is -0.117. The van der Waals surface area contributed by atoms with Crippen molar-refractivity contribution in [1.29, 1.82) is 0 Å². The van der Waals surface area contributed by atoms with Crippen LogP contribution in [0, 0.1) is 6.92 Å². The van der Waals surface area contributed by atoms with E-state index in [0.29, 0.717) is 6.61 Å². The fourth-order valence-corrected chi connectivity index (χ4v) is 2.23. The van der Waals surface area contributed by atoms with Crippen LogP contribution in [0.15, 0.2) is 35.6 Å². The van der Waals surface area contributed by atoms with Crippen molar-refractivity contribution in [3.05, 3.63) is 46.7 Å². The molecule has 0 saturated carbocycles. The highest BCUT2D eigenvalue weighted by Gasteiger charge is 2.29. The Morgan fingerprint density at radius 1 is 1.33 bits per heavy atom. The summed E-state index contributed by atoms with van der Waals surface area (Å²) >= 11 is 0. The number of hydrogen-bond donors (Lipinski definition) is 2. The quantitative estimate of drug-likeness (QED) is 0.850. The molecule has 2 N–H and O–H groups in total. The lowest BCUT2D eigenvalue weighted by molar-refractivity contribution is -0.0274. The van der Waals surface area contributed by atoms with E-state index in [2.05, 4.69) is 42.0 Å². The van der Waals surface area contributed by atoms with Crippen LogP contribution in [0.4, 0.5) is 0 Å². The molecule has 0 bridgehead atoms. The molecular formula is C14H18N2O2. The summed E-state index contributed by atoms with van der Waals surface area (Å²) in [5.41, 5.74) is 6.59. The average molecular weight is 246 g/mol. The Labute approximate surface area is 107 Å². The molecule has 2 heterocycles. The van der Waals surface area contributed by atoms with Gasteiger partial charge >= 0.3 is 0 Å². The molecule has 18 heavy (non-hydrogen) atoms. The van der Waals surface area contributed by atoms with Crippen LogP contribution in [0.3, 0.4) is 0 Å². The maximum Gasteiger partial charge on any atom is 0.167 e. The number of nitrogens with one attached hydrogen (secondary N) is 2. The van der Waals surface area contributed by atoms with Gasteiger partial charge in [0.2, 0.25) is 0 Å². The summed E-state index contributed by atoms with van der Waals surface area (Å²) in [4.78, 5) is 5.44. The smallest absolute Gasteiger partial charge is 0.167 e. The van der Waals surface area contributed by atoms with Gasteiger partial charge in [-0.1, -0.05) is 29.8 Å². The Kier molecular flexibility index (Phi) is 3.32. The number of rotatable bonds is 3. The van der Waals surface area contributed by atoms with Crippen molar-refractivity contribution in [2.75, 3.05) is 13.1 Å². The molecule has 2 aliphatic rings. The molecule has 0 fully saturated rings. The first kappa shape index (κ1) is 11.7. The molecular weight excluding hydrogens is 228 g/mol. The van der Waals surface area contributed by atoms with Crippen molar-refractivity contribution >= 4 is 0 Å². The zero-order valence-corrected chi connectivity index (χ0v) is 10.5. The van der Waals surface area contributed by atoms with Gasteiger partial charge in [0.05, 0.1) is 6.61 Å². The van der Waals surface area contributed by atoms with Crippen molar-refractivity contribution in [2.45, 2.75) is 26.2 Å². The van der Waals surface area contributed by atoms with E-state index in [1.54, 1.807) is 0 Å². The SMILES string of the molecule is Cc1ccc(COC2NOC3=C2CNCC3)cc1. The lowest BCUT2D eigenvalue weighted by atomic mass is 10.1. The van der Waals surface area contributed by atoms with E-state index < -0.39 is 0 Å². The van der Waals surface area contributed by atoms with Gasteiger partial charge in [-0.25, -0.2) is 0 Å². The molecule has 4 nitrogen and oxygen atoms in total. The fraction of sp³-hybridized carbons (Fsp3) is 0.429. The Morgan fingerprint density at radius 3 is 3.00 bits per heavy atom. The van der Waals surface area contributed by atoms with Gasteiger partial charge in [-0.05, 0) is 12.5 Å². The molecule has 1 atom stereocenters. The molecule has 3 rings (SSSR count). The lowest BCUT2D eigenvalue weighted by Gasteiger charge is -2.17. The molecule has 2 aliphatic heterocycles. The summed E-state index contributed by atoms with van der Waals surface area (Å²) in [5, 5.41) is 3.33. The van der Waals surface area contributed by atoms with Crippen molar-refractivity contribution in [3.8, 4) is 0 Å². The summed E-state index contributed by atoms with van der Waals surface area (Å²) < 4.78 is 5.86. The monoisotopic (exact) mass is 246 g/mol. The molecule has 96 valence electrons. The van der Waals surface area contributed by atoms with Gasteiger partial charge < -0.3 is 14.9 Å². The van der Waals surface area contributed by atoms with E-state index in [9.17, 15) is 0 Å². The molecule has 0 spiro atoms. The van der Waals surface area contributed by atoms with Crippen LogP contribution in [0.25, 0.3) is 0 Å². The Balaban J connectivity index is 1.60. The lowest BCUT2D eigenvalue weighted by Crippen LogP contribution is -2.32. The van der Waals surface area contributed by atoms with E-state index in [4.69, 9.17) is 9.57 Å². The normalized spacial score (nSPS) is 22.8. The van der Waals surface area contributed by atoms with Crippen LogP contribution >= 0.6 is 0 Å². The van der Waals surface area contributed by atoms with Crippen LogP contribution < -0.4 is 10.8 Å². The summed E-state index contributed by atoms with van der Waals surface area (Å²) in [6, 6.07) is 8.40. The number of benzene rings is 1. The van der Waals surface area contributed by atoms with Gasteiger partial charge in [0.15, 0.2) is 6.23 Å². The molecule has 0 saturated heterocycles. The van der Waals surface area contributed by atoms with Crippen molar-refractivity contribution in [3.63, 3.8) is 0 Å². The number of hydroxylamine groups is 1. The van der Waals surface area contributed by atoms with E-state index in [-0.39, 0.29) is 6.23 Å². The van der Waals surface area contributed by atoms with Crippen molar-refractivity contribution in [2.24, 2.45) is 0 Å². The summed E-state index contributed by atoms with van der Waals surface area (Å²) in [6.45, 7) is 4.51. The Bertz CT molecular complexity index is 453. The second-order valence-corrected chi connectivity index (χ2v) is 4.77. The van der Waals surface area contributed by atoms with Crippen LogP contribution in [-0.2, 0) is 16.2 Å². The third kappa shape index (κ3) is 2.41. The first-order chi connectivity index (χ1) is 8.83. The fourth-order valence-electron chi connectivity index (χ4n) is 2.23. The maximum atomic E-state index is 5.86. The highest BCUT2D eigenvalue weighted by Crippen LogP contribution is 2.23. The largest absolute Gasteiger partial charge is 0.410 e. The van der Waals surface area contributed by atoms with Crippen LogP contribution in [0.1, 0.15) is 17.5 Å². The van der Waals surface area contributed by atoms with Gasteiger partial charge in [-0.2, -0.15) is 0 Å². The van der Waals surface area contributed by atoms with E-state index in [0.717, 1.165) is 25.3 Å². The number of ether oxygens (including phenoxy) is 1. The van der Waals surface area contributed by atoms with Gasteiger partial charge in [-0.15, -0.1) is 5.48 Å². The molecule has 0 amide bonds. The topological polar surface area (TPSA) is 42.5 Å². The second kappa shape index (κ2) is 5.10. The van der Waals surface area contributed by atoms with E-state index >= 15 is 0 Å². The second-order valence-electron chi connectivity index (χ2n) is 4.77. The Morgan fingerprint density at radius 2 is 2.17 bits per heavy atom. The Hall–Kier alpha value is -1.36. The first-order valence-corrected chi connectivity index (χ1v) is 6.35. The first-order valence-electron chi connectivity index (χ1n) is 6.35. The molecule has 1 aromatic rings. The summed E-state index contributed by atoms with van der Waals surface area (Å²) in [5.74, 6) is 1.04. The highest BCUT2D eigenvalue weighted by atomic mass is 16.7. The summed E-state index contributed by atoms with van der Waals surface area (Å²) in [6.07, 6.45) is 0.821. The maximum absolute atomic E-state index is 5.86.